The summed E-state index contributed by atoms with van der Waals surface area (Å²) < 4.78 is 0. The summed E-state index contributed by atoms with van der Waals surface area (Å²) in [5.41, 5.74) is 14.4. The number of benzene rings is 4. The molecule has 2 heterocycles. The van der Waals surface area contributed by atoms with Crippen LogP contribution in [0.15, 0.2) is 102 Å². The van der Waals surface area contributed by atoms with Crippen molar-refractivity contribution >= 4 is 23.2 Å². The highest BCUT2D eigenvalue weighted by Crippen LogP contribution is 2.43. The Kier molecular flexibility index (Phi) is 8.16. The van der Waals surface area contributed by atoms with Crippen molar-refractivity contribution in [2.24, 2.45) is 4.99 Å². The quantitative estimate of drug-likeness (QED) is 0.220. The molecule has 0 aromatic heterocycles. The van der Waals surface area contributed by atoms with Crippen molar-refractivity contribution in [3.63, 3.8) is 0 Å². The highest BCUT2D eigenvalue weighted by molar-refractivity contribution is 6.17. The first kappa shape index (κ1) is 29.3. The van der Waals surface area contributed by atoms with Gasteiger partial charge in [-0.3, -0.25) is 9.80 Å². The summed E-state index contributed by atoms with van der Waals surface area (Å²) in [6.07, 6.45) is 7.66. The van der Waals surface area contributed by atoms with Gasteiger partial charge in [-0.25, -0.2) is 4.79 Å². The summed E-state index contributed by atoms with van der Waals surface area (Å²) in [4.78, 5) is 23.3. The van der Waals surface area contributed by atoms with Crippen LogP contribution in [-0.2, 0) is 6.54 Å². The number of nitrogens with two attached hydrogens (primary N) is 1. The van der Waals surface area contributed by atoms with Crippen LogP contribution < -0.4 is 16.0 Å². The smallest absolute Gasteiger partial charge is 0.350 e. The standard InChI is InChI=1S/C39H43N5O/c1-28-10-5-6-15-34(28)31-12-9-11-29(26-31)27-43-24-22-39(23-25-43)37(41-33-13-3-2-4-14-33)42-38(45)44(39)36-17-8-7-16-35(36)30-18-20-32(40)21-19-30/h5-12,15-21,26,33H,2-4,13-14,22-25,27,40H2,1H3,(H,41,42,45). The summed E-state index contributed by atoms with van der Waals surface area (Å²) in [6.45, 7) is 4.82. The molecule has 0 atom stereocenters. The summed E-state index contributed by atoms with van der Waals surface area (Å²) in [5.74, 6) is 0.868. The maximum atomic E-state index is 14.0. The van der Waals surface area contributed by atoms with Crippen molar-refractivity contribution < 1.29 is 4.79 Å². The van der Waals surface area contributed by atoms with Gasteiger partial charge in [0.2, 0.25) is 0 Å². The molecule has 0 bridgehead atoms. The predicted octanol–water partition coefficient (Wildman–Crippen LogP) is 8.21. The average molecular weight is 598 g/mol. The Morgan fingerprint density at radius 1 is 0.822 bits per heavy atom. The van der Waals surface area contributed by atoms with Crippen molar-refractivity contribution in [3.8, 4) is 22.3 Å². The second-order valence-electron chi connectivity index (χ2n) is 13.0. The van der Waals surface area contributed by atoms with E-state index >= 15 is 0 Å². The zero-order valence-electron chi connectivity index (χ0n) is 26.2. The van der Waals surface area contributed by atoms with Crippen LogP contribution in [0.3, 0.4) is 0 Å². The first-order valence-corrected chi connectivity index (χ1v) is 16.5. The molecular weight excluding hydrogens is 554 g/mol. The van der Waals surface area contributed by atoms with Crippen LogP contribution in [0.1, 0.15) is 56.1 Å². The maximum Gasteiger partial charge on any atom is 0.350 e. The Hall–Kier alpha value is -4.42. The molecule has 3 aliphatic rings. The van der Waals surface area contributed by atoms with Gasteiger partial charge in [0.15, 0.2) is 0 Å². The number of hydrogen-bond donors (Lipinski definition) is 2. The number of hydrogen-bond acceptors (Lipinski definition) is 4. The average Bonchev–Trinajstić information content (AvgIpc) is 3.32. The van der Waals surface area contributed by atoms with Crippen LogP contribution >= 0.6 is 0 Å². The number of nitrogen functional groups attached to an aromatic ring is 1. The Morgan fingerprint density at radius 2 is 1.53 bits per heavy atom. The lowest BCUT2D eigenvalue weighted by molar-refractivity contribution is 0.181. The van der Waals surface area contributed by atoms with Crippen LogP contribution in [-0.4, -0.2) is 41.4 Å². The molecule has 2 fully saturated rings. The molecule has 1 aliphatic carbocycles. The minimum atomic E-state index is -0.502. The molecule has 45 heavy (non-hydrogen) atoms. The summed E-state index contributed by atoms with van der Waals surface area (Å²) >= 11 is 0. The third kappa shape index (κ3) is 5.87. The van der Waals surface area contributed by atoms with Crippen molar-refractivity contribution in [1.82, 2.24) is 10.2 Å². The van der Waals surface area contributed by atoms with Crippen molar-refractivity contribution in [1.29, 1.82) is 0 Å². The van der Waals surface area contributed by atoms with Crippen molar-refractivity contribution in [3.05, 3.63) is 108 Å². The lowest BCUT2D eigenvalue weighted by Crippen LogP contribution is -2.62. The molecule has 1 saturated carbocycles. The Morgan fingerprint density at radius 3 is 2.29 bits per heavy atom. The molecule has 1 saturated heterocycles. The number of aliphatic imine (C=N–C) groups is 1. The number of likely N-dealkylation sites (tertiary alicyclic amines) is 1. The fraction of sp³-hybridized carbons (Fsp3) is 0.333. The Bertz CT molecular complexity index is 1700. The lowest BCUT2D eigenvalue weighted by Gasteiger charge is -2.46. The van der Waals surface area contributed by atoms with E-state index in [-0.39, 0.29) is 6.03 Å². The number of nitrogens with zero attached hydrogens (tertiary/aromatic N) is 3. The molecule has 1 spiro atoms. The van der Waals surface area contributed by atoms with Crippen LogP contribution in [0, 0.1) is 6.92 Å². The normalized spacial score (nSPS) is 18.7. The first-order valence-electron chi connectivity index (χ1n) is 16.5. The van der Waals surface area contributed by atoms with Gasteiger partial charge in [-0.1, -0.05) is 92.1 Å². The third-order valence-corrected chi connectivity index (χ3v) is 10.1. The Labute approximate surface area is 267 Å². The van der Waals surface area contributed by atoms with E-state index in [1.165, 1.54) is 41.5 Å². The third-order valence-electron chi connectivity index (χ3n) is 10.1. The number of urea groups is 1. The molecule has 6 nitrogen and oxygen atoms in total. The fourth-order valence-corrected chi connectivity index (χ4v) is 7.59. The fourth-order valence-electron chi connectivity index (χ4n) is 7.59. The van der Waals surface area contributed by atoms with E-state index in [0.717, 1.165) is 73.7 Å². The zero-order chi connectivity index (χ0) is 30.8. The topological polar surface area (TPSA) is 74.0 Å². The number of amides is 2. The van der Waals surface area contributed by atoms with Gasteiger partial charge in [-0.2, -0.15) is 4.99 Å². The molecule has 6 heteroatoms. The van der Waals surface area contributed by atoms with Gasteiger partial charge >= 0.3 is 6.03 Å². The van der Waals surface area contributed by atoms with E-state index in [1.807, 2.05) is 41.3 Å². The van der Waals surface area contributed by atoms with Gasteiger partial charge in [0, 0.05) is 36.9 Å². The first-order chi connectivity index (χ1) is 22.0. The molecule has 2 amide bonds. The molecule has 2 aliphatic heterocycles. The molecule has 4 aromatic rings. The number of aryl methyl sites for hydroxylation is 1. The molecule has 4 aromatic carbocycles. The molecule has 0 unspecified atom stereocenters. The number of carbonyl (C=O) groups is 1. The highest BCUT2D eigenvalue weighted by Gasteiger charge is 2.52. The van der Waals surface area contributed by atoms with E-state index in [4.69, 9.17) is 10.7 Å². The summed E-state index contributed by atoms with van der Waals surface area (Å²) in [6, 6.07) is 33.9. The van der Waals surface area contributed by atoms with Gasteiger partial charge < -0.3 is 11.1 Å². The second-order valence-corrected chi connectivity index (χ2v) is 13.0. The van der Waals surface area contributed by atoms with Crippen molar-refractivity contribution in [2.45, 2.75) is 70.0 Å². The monoisotopic (exact) mass is 597 g/mol. The predicted molar refractivity (Wildman–Crippen MR) is 185 cm³/mol. The molecule has 0 radical (unpaired) electrons. The zero-order valence-corrected chi connectivity index (χ0v) is 26.2. The minimum Gasteiger partial charge on any atom is -0.399 e. The van der Waals surface area contributed by atoms with Crippen LogP contribution in [0.25, 0.3) is 22.3 Å². The molecule has 230 valence electrons. The van der Waals surface area contributed by atoms with Gasteiger partial charge in [0.05, 0.1) is 5.69 Å². The van der Waals surface area contributed by atoms with Gasteiger partial charge in [-0.05, 0) is 84.7 Å². The van der Waals surface area contributed by atoms with E-state index in [2.05, 4.69) is 77.8 Å². The number of piperidine rings is 1. The number of para-hydroxylation sites is 1. The number of anilines is 2. The van der Waals surface area contributed by atoms with Gasteiger partial charge in [0.1, 0.15) is 11.4 Å². The van der Waals surface area contributed by atoms with E-state index in [1.54, 1.807) is 0 Å². The number of amidine groups is 1. The largest absolute Gasteiger partial charge is 0.399 e. The SMILES string of the molecule is Cc1ccccc1-c1cccc(CN2CCC3(CC2)C(NC2CCCCC2)=NC(=O)N3c2ccccc2-c2ccc(N)cc2)c1. The van der Waals surface area contributed by atoms with Gasteiger partial charge in [0.25, 0.3) is 0 Å². The molecule has 7 rings (SSSR count). The van der Waals surface area contributed by atoms with Gasteiger partial charge in [-0.15, -0.1) is 0 Å². The molecule has 3 N–H and O–H groups in total. The van der Waals surface area contributed by atoms with E-state index in [0.29, 0.717) is 6.04 Å². The number of nitrogens with one attached hydrogen (secondary N) is 1. The maximum absolute atomic E-state index is 14.0. The molecular formula is C39H43N5O. The van der Waals surface area contributed by atoms with Crippen LogP contribution in [0.4, 0.5) is 16.2 Å². The Balaban J connectivity index is 1.17. The van der Waals surface area contributed by atoms with E-state index < -0.39 is 5.54 Å². The summed E-state index contributed by atoms with van der Waals surface area (Å²) in [5, 5.41) is 3.82. The number of carbonyl (C=O) groups excluding carboxylic acids is 1. The lowest BCUT2D eigenvalue weighted by atomic mass is 9.83. The van der Waals surface area contributed by atoms with Crippen molar-refractivity contribution in [2.75, 3.05) is 23.7 Å². The van der Waals surface area contributed by atoms with Crippen LogP contribution in [0.2, 0.25) is 0 Å². The summed E-state index contributed by atoms with van der Waals surface area (Å²) in [7, 11) is 0. The highest BCUT2D eigenvalue weighted by atomic mass is 16.2. The van der Waals surface area contributed by atoms with E-state index in [9.17, 15) is 4.79 Å². The number of rotatable bonds is 6. The minimum absolute atomic E-state index is 0.171. The second kappa shape index (κ2) is 12.5. The van der Waals surface area contributed by atoms with Crippen LogP contribution in [0.5, 0.6) is 0 Å².